The Bertz CT molecular complexity index is 358. The van der Waals surface area contributed by atoms with Gasteiger partial charge in [0.1, 0.15) is 0 Å². The van der Waals surface area contributed by atoms with E-state index in [9.17, 15) is 0 Å². The third-order valence-corrected chi connectivity index (χ3v) is 2.63. The summed E-state index contributed by atoms with van der Waals surface area (Å²) in [6.07, 6.45) is 1.88. The maximum Gasteiger partial charge on any atom is 0.161 e. The Kier molecular flexibility index (Phi) is 4.61. The minimum atomic E-state index is 0.616. The third kappa shape index (κ3) is 3.59. The van der Waals surface area contributed by atoms with Gasteiger partial charge in [0.15, 0.2) is 11.5 Å². The summed E-state index contributed by atoms with van der Waals surface area (Å²) in [5, 5.41) is 3.17. The molecule has 0 spiro atoms. The topological polar surface area (TPSA) is 68.5 Å². The number of fused-ring (bicyclic) bond motifs is 1. The molecule has 2 rings (SSSR count). The van der Waals surface area contributed by atoms with Crippen molar-refractivity contribution in [2.75, 3.05) is 26.4 Å². The lowest BCUT2D eigenvalue weighted by atomic mass is 10.1. The number of nitrogens with two attached hydrogens (primary N) is 1. The second-order valence-corrected chi connectivity index (χ2v) is 3.96. The van der Waals surface area contributed by atoms with Gasteiger partial charge in [-0.3, -0.25) is 5.84 Å². The highest BCUT2D eigenvalue weighted by atomic mass is 16.5. The van der Waals surface area contributed by atoms with Crippen LogP contribution in [0, 0.1) is 0 Å². The standard InChI is InChI=1S/C12H19N3O2/c13-15-9-14-5-4-10-2-3-11-12(8-10)17-7-1-6-16-11/h2-3,8,14-15H,1,4-7,9,13H2. The molecule has 1 aromatic rings. The molecule has 17 heavy (non-hydrogen) atoms. The van der Waals surface area contributed by atoms with Crippen LogP contribution in [0.25, 0.3) is 0 Å². The summed E-state index contributed by atoms with van der Waals surface area (Å²) in [5.41, 5.74) is 3.79. The molecule has 1 aromatic carbocycles. The number of nitrogens with one attached hydrogen (secondary N) is 2. The maximum atomic E-state index is 5.64. The highest BCUT2D eigenvalue weighted by molar-refractivity contribution is 5.43. The first-order valence-electron chi connectivity index (χ1n) is 5.93. The van der Waals surface area contributed by atoms with Crippen LogP contribution in [0.3, 0.4) is 0 Å². The first kappa shape index (κ1) is 12.2. The molecule has 0 radical (unpaired) electrons. The van der Waals surface area contributed by atoms with Crippen molar-refractivity contribution in [3.8, 4) is 11.5 Å². The van der Waals surface area contributed by atoms with E-state index in [4.69, 9.17) is 15.3 Å². The van der Waals surface area contributed by atoms with Gasteiger partial charge in [-0.25, -0.2) is 5.43 Å². The Labute approximate surface area is 101 Å². The highest BCUT2D eigenvalue weighted by Crippen LogP contribution is 2.30. The van der Waals surface area contributed by atoms with Crippen molar-refractivity contribution in [2.45, 2.75) is 12.8 Å². The van der Waals surface area contributed by atoms with Crippen molar-refractivity contribution >= 4 is 0 Å². The van der Waals surface area contributed by atoms with Gasteiger partial charge in [-0.05, 0) is 24.1 Å². The SMILES string of the molecule is NNCNCCc1ccc2c(c1)OCCCO2. The molecule has 0 aliphatic carbocycles. The molecule has 0 bridgehead atoms. The smallest absolute Gasteiger partial charge is 0.161 e. The largest absolute Gasteiger partial charge is 0.490 e. The van der Waals surface area contributed by atoms with Gasteiger partial charge in [0.2, 0.25) is 0 Å². The van der Waals surface area contributed by atoms with Crippen molar-refractivity contribution in [2.24, 2.45) is 5.84 Å². The summed E-state index contributed by atoms with van der Waals surface area (Å²) >= 11 is 0. The fourth-order valence-corrected chi connectivity index (χ4v) is 1.76. The molecule has 0 saturated heterocycles. The number of hydrazine groups is 1. The summed E-state index contributed by atoms with van der Waals surface area (Å²) in [5.74, 6) is 6.88. The number of hydrogen-bond donors (Lipinski definition) is 3. The molecule has 0 atom stereocenters. The minimum Gasteiger partial charge on any atom is -0.490 e. The van der Waals surface area contributed by atoms with E-state index in [0.717, 1.165) is 44.1 Å². The Morgan fingerprint density at radius 1 is 1.18 bits per heavy atom. The molecule has 1 heterocycles. The Hall–Kier alpha value is -1.30. The lowest BCUT2D eigenvalue weighted by Gasteiger charge is -2.09. The van der Waals surface area contributed by atoms with Gasteiger partial charge in [-0.2, -0.15) is 0 Å². The molecule has 0 fully saturated rings. The molecule has 5 nitrogen and oxygen atoms in total. The van der Waals surface area contributed by atoms with Crippen LogP contribution in [0.2, 0.25) is 0 Å². The van der Waals surface area contributed by atoms with Crippen molar-refractivity contribution < 1.29 is 9.47 Å². The zero-order valence-electron chi connectivity index (χ0n) is 9.87. The molecule has 0 saturated carbocycles. The fourth-order valence-electron chi connectivity index (χ4n) is 1.76. The van der Waals surface area contributed by atoms with E-state index in [1.54, 1.807) is 0 Å². The van der Waals surface area contributed by atoms with Crippen molar-refractivity contribution in [1.29, 1.82) is 0 Å². The molecule has 94 valence electrons. The van der Waals surface area contributed by atoms with Crippen molar-refractivity contribution in [1.82, 2.24) is 10.7 Å². The monoisotopic (exact) mass is 237 g/mol. The highest BCUT2D eigenvalue weighted by Gasteiger charge is 2.10. The summed E-state index contributed by atoms with van der Waals surface area (Å²) in [6, 6.07) is 6.11. The maximum absolute atomic E-state index is 5.64. The molecule has 0 aromatic heterocycles. The second-order valence-electron chi connectivity index (χ2n) is 3.96. The Balaban J connectivity index is 1.93. The first-order chi connectivity index (χ1) is 8.40. The molecule has 0 amide bonds. The lowest BCUT2D eigenvalue weighted by Crippen LogP contribution is -2.34. The van der Waals surface area contributed by atoms with Crippen LogP contribution in [0.4, 0.5) is 0 Å². The molecule has 1 aliphatic rings. The third-order valence-electron chi connectivity index (χ3n) is 2.63. The average Bonchev–Trinajstić information content (AvgIpc) is 2.59. The summed E-state index contributed by atoms with van der Waals surface area (Å²) in [6.45, 7) is 2.95. The van der Waals surface area contributed by atoms with Gasteiger partial charge >= 0.3 is 0 Å². The van der Waals surface area contributed by atoms with E-state index < -0.39 is 0 Å². The predicted octanol–water partition coefficient (Wildman–Crippen LogP) is 0.401. The molecule has 0 unspecified atom stereocenters. The van der Waals surface area contributed by atoms with Gasteiger partial charge in [0, 0.05) is 13.0 Å². The number of hydrogen-bond acceptors (Lipinski definition) is 5. The Morgan fingerprint density at radius 3 is 2.82 bits per heavy atom. The van der Waals surface area contributed by atoms with E-state index in [1.807, 2.05) is 6.07 Å². The van der Waals surface area contributed by atoms with Crippen LogP contribution < -0.4 is 26.1 Å². The predicted molar refractivity (Wildman–Crippen MR) is 65.9 cm³/mol. The van der Waals surface area contributed by atoms with Gasteiger partial charge in [-0.1, -0.05) is 6.07 Å². The van der Waals surface area contributed by atoms with Gasteiger partial charge < -0.3 is 14.8 Å². The average molecular weight is 237 g/mol. The van der Waals surface area contributed by atoms with Crippen molar-refractivity contribution in [3.63, 3.8) is 0 Å². The second kappa shape index (κ2) is 6.44. The molecule has 1 aliphatic heterocycles. The fraction of sp³-hybridized carbons (Fsp3) is 0.500. The van der Waals surface area contributed by atoms with Crippen LogP contribution >= 0.6 is 0 Å². The lowest BCUT2D eigenvalue weighted by molar-refractivity contribution is 0.297. The van der Waals surface area contributed by atoms with Gasteiger partial charge in [0.05, 0.1) is 19.9 Å². The quantitative estimate of drug-likeness (QED) is 0.299. The zero-order valence-corrected chi connectivity index (χ0v) is 9.87. The first-order valence-corrected chi connectivity index (χ1v) is 5.93. The Morgan fingerprint density at radius 2 is 2.00 bits per heavy atom. The normalized spacial score (nSPS) is 14.4. The molecule has 5 heteroatoms. The summed E-state index contributed by atoms with van der Waals surface area (Å²) in [4.78, 5) is 0. The van der Waals surface area contributed by atoms with E-state index in [2.05, 4.69) is 22.9 Å². The summed E-state index contributed by atoms with van der Waals surface area (Å²) < 4.78 is 11.2. The van der Waals surface area contributed by atoms with E-state index >= 15 is 0 Å². The summed E-state index contributed by atoms with van der Waals surface area (Å²) in [7, 11) is 0. The molecular weight excluding hydrogens is 218 g/mol. The van der Waals surface area contributed by atoms with Gasteiger partial charge in [-0.15, -0.1) is 0 Å². The number of rotatable bonds is 5. The number of ether oxygens (including phenoxy) is 2. The van der Waals surface area contributed by atoms with Crippen LogP contribution in [0.5, 0.6) is 11.5 Å². The van der Waals surface area contributed by atoms with E-state index in [-0.39, 0.29) is 0 Å². The molecule has 4 N–H and O–H groups in total. The van der Waals surface area contributed by atoms with E-state index in [1.165, 1.54) is 5.56 Å². The molecular formula is C12H19N3O2. The van der Waals surface area contributed by atoms with E-state index in [0.29, 0.717) is 6.67 Å². The van der Waals surface area contributed by atoms with Crippen LogP contribution in [0.15, 0.2) is 18.2 Å². The van der Waals surface area contributed by atoms with Crippen LogP contribution in [0.1, 0.15) is 12.0 Å². The van der Waals surface area contributed by atoms with Gasteiger partial charge in [0.25, 0.3) is 0 Å². The van der Waals surface area contributed by atoms with Crippen molar-refractivity contribution in [3.05, 3.63) is 23.8 Å². The number of benzene rings is 1. The minimum absolute atomic E-state index is 0.616. The van der Waals surface area contributed by atoms with Crippen LogP contribution in [-0.4, -0.2) is 26.4 Å². The zero-order chi connectivity index (χ0) is 11.9. The van der Waals surface area contributed by atoms with Crippen LogP contribution in [-0.2, 0) is 6.42 Å².